The van der Waals surface area contributed by atoms with E-state index in [1.807, 2.05) is 54.0 Å². The lowest BCUT2D eigenvalue weighted by Crippen LogP contribution is -2.32. The van der Waals surface area contributed by atoms with Gasteiger partial charge in [-0.1, -0.05) is 48.5 Å². The summed E-state index contributed by atoms with van der Waals surface area (Å²) in [5.41, 5.74) is 6.40. The molecule has 3 aromatic rings. The summed E-state index contributed by atoms with van der Waals surface area (Å²) >= 11 is 0. The minimum atomic E-state index is -1.23. The van der Waals surface area contributed by atoms with Crippen molar-refractivity contribution >= 4 is 23.8 Å². The summed E-state index contributed by atoms with van der Waals surface area (Å²) in [4.78, 5) is 39.7. The number of aliphatic carboxylic acids is 1. The maximum absolute atomic E-state index is 12.3. The molecular formula is C22H20N4O6. The summed E-state index contributed by atoms with van der Waals surface area (Å²) in [6.07, 6.45) is -1.94. The lowest BCUT2D eigenvalue weighted by molar-refractivity contribution is -0.152. The Bertz CT molecular complexity index is 1130. The summed E-state index contributed by atoms with van der Waals surface area (Å²) in [5.74, 6) is -1.99. The SMILES string of the molecule is CC(ONC(=O)c1cc(NC(=O)OCC2c3ccccc3-c3ccccc32)n[nH]1)C(=O)O. The molecule has 0 aliphatic heterocycles. The monoisotopic (exact) mass is 436 g/mol. The number of benzene rings is 2. The van der Waals surface area contributed by atoms with E-state index in [1.54, 1.807) is 0 Å². The normalized spacial score (nSPS) is 13.0. The molecule has 10 nitrogen and oxygen atoms in total. The third-order valence-corrected chi connectivity index (χ3v) is 5.07. The number of amides is 2. The lowest BCUT2D eigenvalue weighted by atomic mass is 9.98. The van der Waals surface area contributed by atoms with Crippen molar-refractivity contribution in [2.24, 2.45) is 0 Å². The van der Waals surface area contributed by atoms with Gasteiger partial charge in [-0.15, -0.1) is 0 Å². The van der Waals surface area contributed by atoms with Crippen LogP contribution < -0.4 is 10.8 Å². The van der Waals surface area contributed by atoms with Gasteiger partial charge in [0.1, 0.15) is 12.3 Å². The molecule has 1 heterocycles. The Morgan fingerprint density at radius 2 is 1.72 bits per heavy atom. The maximum atomic E-state index is 12.3. The van der Waals surface area contributed by atoms with Crippen LogP contribution >= 0.6 is 0 Å². The van der Waals surface area contributed by atoms with Crippen LogP contribution in [0.15, 0.2) is 54.6 Å². The predicted octanol–water partition coefficient (Wildman–Crippen LogP) is 2.91. The first-order chi connectivity index (χ1) is 15.4. The molecule has 0 spiro atoms. The first kappa shape index (κ1) is 21.1. The van der Waals surface area contributed by atoms with Gasteiger partial charge in [0.05, 0.1) is 0 Å². The van der Waals surface area contributed by atoms with E-state index in [0.29, 0.717) is 0 Å². The van der Waals surface area contributed by atoms with E-state index in [9.17, 15) is 14.4 Å². The van der Waals surface area contributed by atoms with Gasteiger partial charge in [0.2, 0.25) is 0 Å². The smallest absolute Gasteiger partial charge is 0.412 e. The average molecular weight is 436 g/mol. The van der Waals surface area contributed by atoms with Gasteiger partial charge in [-0.3, -0.25) is 20.0 Å². The summed E-state index contributed by atoms with van der Waals surface area (Å²) in [5, 5.41) is 17.5. The van der Waals surface area contributed by atoms with E-state index in [2.05, 4.69) is 15.5 Å². The van der Waals surface area contributed by atoms with Gasteiger partial charge in [0.15, 0.2) is 11.9 Å². The van der Waals surface area contributed by atoms with Crippen LogP contribution in [0.5, 0.6) is 0 Å². The van der Waals surface area contributed by atoms with Gasteiger partial charge >= 0.3 is 12.1 Å². The first-order valence-corrected chi connectivity index (χ1v) is 9.80. The number of carbonyl (C=O) groups is 3. The summed E-state index contributed by atoms with van der Waals surface area (Å²) in [6, 6.07) is 17.3. The fourth-order valence-corrected chi connectivity index (χ4v) is 3.49. The largest absolute Gasteiger partial charge is 0.479 e. The number of hydroxylamine groups is 1. The van der Waals surface area contributed by atoms with Crippen LogP contribution in [-0.4, -0.2) is 46.0 Å². The fraction of sp³-hybridized carbons (Fsp3) is 0.182. The van der Waals surface area contributed by atoms with Crippen LogP contribution in [0, 0.1) is 0 Å². The van der Waals surface area contributed by atoms with Gasteiger partial charge in [-0.25, -0.2) is 15.1 Å². The number of aromatic nitrogens is 2. The molecule has 1 aliphatic rings. The Morgan fingerprint density at radius 1 is 1.09 bits per heavy atom. The van der Waals surface area contributed by atoms with E-state index in [4.69, 9.17) is 14.7 Å². The van der Waals surface area contributed by atoms with Crippen LogP contribution in [-0.2, 0) is 14.4 Å². The molecule has 4 rings (SSSR count). The van der Waals surface area contributed by atoms with Crippen molar-refractivity contribution in [2.75, 3.05) is 11.9 Å². The topological polar surface area (TPSA) is 143 Å². The molecule has 0 saturated heterocycles. The number of anilines is 1. The second-order valence-corrected chi connectivity index (χ2v) is 7.15. The molecule has 32 heavy (non-hydrogen) atoms. The molecule has 0 bridgehead atoms. The van der Waals surface area contributed by atoms with Gasteiger partial charge in [-0.05, 0) is 29.2 Å². The predicted molar refractivity (Wildman–Crippen MR) is 113 cm³/mol. The quantitative estimate of drug-likeness (QED) is 0.417. The first-order valence-electron chi connectivity index (χ1n) is 9.80. The minimum absolute atomic E-state index is 0.0310. The van der Waals surface area contributed by atoms with Gasteiger partial charge in [0.25, 0.3) is 5.91 Å². The van der Waals surface area contributed by atoms with Crippen LogP contribution in [0.2, 0.25) is 0 Å². The molecule has 2 aromatic carbocycles. The number of carboxylic acid groups (broad SMARTS) is 1. The maximum Gasteiger partial charge on any atom is 0.412 e. The van der Waals surface area contributed by atoms with Crippen molar-refractivity contribution in [3.05, 3.63) is 71.4 Å². The summed E-state index contributed by atoms with van der Waals surface area (Å²) in [6.45, 7) is 1.40. The number of nitrogens with zero attached hydrogens (tertiary/aromatic N) is 1. The molecule has 1 aliphatic carbocycles. The van der Waals surface area contributed by atoms with Crippen LogP contribution in [0.1, 0.15) is 34.5 Å². The molecule has 0 saturated carbocycles. The molecule has 10 heteroatoms. The third-order valence-electron chi connectivity index (χ3n) is 5.07. The Morgan fingerprint density at radius 3 is 2.34 bits per heavy atom. The van der Waals surface area contributed by atoms with Crippen molar-refractivity contribution in [1.29, 1.82) is 0 Å². The number of hydrogen-bond donors (Lipinski definition) is 4. The average Bonchev–Trinajstić information content (AvgIpc) is 3.38. The number of nitrogens with one attached hydrogen (secondary N) is 3. The third kappa shape index (κ3) is 4.30. The van der Waals surface area contributed by atoms with E-state index in [1.165, 1.54) is 13.0 Å². The van der Waals surface area contributed by atoms with Crippen molar-refractivity contribution < 1.29 is 29.1 Å². The number of aromatic amines is 1. The molecule has 0 fully saturated rings. The van der Waals surface area contributed by atoms with Crippen molar-refractivity contribution in [1.82, 2.24) is 15.7 Å². The number of hydrogen-bond acceptors (Lipinski definition) is 6. The number of ether oxygens (including phenoxy) is 1. The van der Waals surface area contributed by atoms with Crippen molar-refractivity contribution in [3.63, 3.8) is 0 Å². The van der Waals surface area contributed by atoms with Crippen molar-refractivity contribution in [2.45, 2.75) is 18.9 Å². The van der Waals surface area contributed by atoms with Crippen LogP contribution in [0.3, 0.4) is 0 Å². The Balaban J connectivity index is 1.34. The second kappa shape index (κ2) is 8.90. The zero-order chi connectivity index (χ0) is 22.7. The molecular weight excluding hydrogens is 416 g/mol. The highest BCUT2D eigenvalue weighted by atomic mass is 16.7. The fourth-order valence-electron chi connectivity index (χ4n) is 3.49. The molecule has 1 atom stereocenters. The van der Waals surface area contributed by atoms with E-state index in [0.717, 1.165) is 22.3 Å². The number of H-pyrrole nitrogens is 1. The minimum Gasteiger partial charge on any atom is -0.479 e. The lowest BCUT2D eigenvalue weighted by Gasteiger charge is -2.14. The van der Waals surface area contributed by atoms with E-state index < -0.39 is 24.1 Å². The van der Waals surface area contributed by atoms with E-state index >= 15 is 0 Å². The Hall–Kier alpha value is -4.18. The molecule has 0 radical (unpaired) electrons. The zero-order valence-electron chi connectivity index (χ0n) is 17.0. The van der Waals surface area contributed by atoms with Crippen LogP contribution in [0.25, 0.3) is 11.1 Å². The number of rotatable bonds is 7. The standard InChI is InChI=1S/C22H20N4O6/c1-12(21(28)29)32-26-20(27)18-10-19(25-24-18)23-22(30)31-11-17-15-8-4-2-6-13(15)14-7-3-5-9-16(14)17/h2-10,12,17H,11H2,1H3,(H,26,27)(H,28,29)(H2,23,24,25,30). The molecule has 2 amide bonds. The van der Waals surface area contributed by atoms with Crippen molar-refractivity contribution in [3.8, 4) is 11.1 Å². The van der Waals surface area contributed by atoms with E-state index in [-0.39, 0.29) is 24.0 Å². The number of carboxylic acids is 1. The zero-order valence-corrected chi connectivity index (χ0v) is 17.0. The van der Waals surface area contributed by atoms with Gasteiger partial charge in [-0.2, -0.15) is 5.10 Å². The summed E-state index contributed by atoms with van der Waals surface area (Å²) < 4.78 is 5.42. The molecule has 1 aromatic heterocycles. The van der Waals surface area contributed by atoms with Gasteiger partial charge in [0, 0.05) is 12.0 Å². The van der Waals surface area contributed by atoms with Gasteiger partial charge < -0.3 is 9.84 Å². The Labute approximate surface area is 182 Å². The molecule has 1 unspecified atom stereocenters. The summed E-state index contributed by atoms with van der Waals surface area (Å²) in [7, 11) is 0. The highest BCUT2D eigenvalue weighted by molar-refractivity contribution is 5.93. The number of fused-ring (bicyclic) bond motifs is 3. The second-order valence-electron chi connectivity index (χ2n) is 7.15. The molecule has 4 N–H and O–H groups in total. The number of carbonyl (C=O) groups excluding carboxylic acids is 2. The van der Waals surface area contributed by atoms with Crippen LogP contribution in [0.4, 0.5) is 10.6 Å². The highest BCUT2D eigenvalue weighted by Gasteiger charge is 2.29. The molecule has 164 valence electrons. The Kier molecular flexibility index (Phi) is 5.86. The highest BCUT2D eigenvalue weighted by Crippen LogP contribution is 2.44.